The summed E-state index contributed by atoms with van der Waals surface area (Å²) in [6.07, 6.45) is 2.17. The first kappa shape index (κ1) is 10.7. The second-order valence-electron chi connectivity index (χ2n) is 3.20. The molecule has 0 heterocycles. The molecular weight excluding hydrogens is 192 g/mol. The molecule has 4 nitrogen and oxygen atoms in total. The van der Waals surface area contributed by atoms with Crippen molar-refractivity contribution < 1.29 is 17.7 Å². The minimum Gasteiger partial charge on any atom is -0.393 e. The van der Waals surface area contributed by atoms with Crippen molar-refractivity contribution in [1.82, 2.24) is 0 Å². The number of aliphatic hydroxyl groups excluding tert-OH is 1. The van der Waals surface area contributed by atoms with Crippen molar-refractivity contribution in [2.75, 3.05) is 5.75 Å². The van der Waals surface area contributed by atoms with Crippen LogP contribution in [-0.2, 0) is 14.3 Å². The van der Waals surface area contributed by atoms with Gasteiger partial charge in [0.25, 0.3) is 10.1 Å². The highest BCUT2D eigenvalue weighted by molar-refractivity contribution is 7.86. The Morgan fingerprint density at radius 2 is 2.23 bits per heavy atom. The van der Waals surface area contributed by atoms with E-state index in [2.05, 4.69) is 6.58 Å². The zero-order valence-corrected chi connectivity index (χ0v) is 8.16. The van der Waals surface area contributed by atoms with Gasteiger partial charge >= 0.3 is 0 Å². The van der Waals surface area contributed by atoms with E-state index in [1.54, 1.807) is 0 Å². The Balaban J connectivity index is 2.44. The maximum Gasteiger partial charge on any atom is 0.271 e. The predicted molar refractivity (Wildman–Crippen MR) is 48.7 cm³/mol. The second-order valence-corrected chi connectivity index (χ2v) is 4.84. The third-order valence-corrected chi connectivity index (χ3v) is 3.17. The lowest BCUT2D eigenvalue weighted by Crippen LogP contribution is -2.18. The minimum atomic E-state index is -3.47. The van der Waals surface area contributed by atoms with Crippen LogP contribution in [0.25, 0.3) is 0 Å². The highest BCUT2D eigenvalue weighted by Gasteiger charge is 2.27. The van der Waals surface area contributed by atoms with E-state index in [1.807, 2.05) is 0 Å². The van der Waals surface area contributed by atoms with Gasteiger partial charge in [0.05, 0.1) is 18.0 Å². The Kier molecular flexibility index (Phi) is 3.47. The van der Waals surface area contributed by atoms with E-state index in [0.29, 0.717) is 19.3 Å². The van der Waals surface area contributed by atoms with Gasteiger partial charge in [-0.2, -0.15) is 8.42 Å². The fourth-order valence-electron chi connectivity index (χ4n) is 1.40. The predicted octanol–water partition coefficient (Wildman–Crippen LogP) is 0.432. The first-order chi connectivity index (χ1) is 6.03. The summed E-state index contributed by atoms with van der Waals surface area (Å²) in [7, 11) is -3.47. The van der Waals surface area contributed by atoms with Crippen LogP contribution in [0.4, 0.5) is 0 Å². The average Bonchev–Trinajstić information content (AvgIpc) is 2.34. The number of hydrogen-bond donors (Lipinski definition) is 1. The highest BCUT2D eigenvalue weighted by Crippen LogP contribution is 2.23. The van der Waals surface area contributed by atoms with E-state index in [1.165, 1.54) is 6.08 Å². The summed E-state index contributed by atoms with van der Waals surface area (Å²) in [5, 5.41) is 9.13. The summed E-state index contributed by atoms with van der Waals surface area (Å²) in [6.45, 7) is 3.33. The topological polar surface area (TPSA) is 63.6 Å². The first-order valence-corrected chi connectivity index (χ1v) is 5.81. The quantitative estimate of drug-likeness (QED) is 0.535. The summed E-state index contributed by atoms with van der Waals surface area (Å²) >= 11 is 0. The van der Waals surface area contributed by atoms with E-state index in [9.17, 15) is 8.42 Å². The van der Waals surface area contributed by atoms with Crippen LogP contribution in [0, 0.1) is 0 Å². The summed E-state index contributed by atoms with van der Waals surface area (Å²) in [6, 6.07) is 0. The van der Waals surface area contributed by atoms with Crippen LogP contribution in [0.15, 0.2) is 12.7 Å². The summed E-state index contributed by atoms with van der Waals surface area (Å²) < 4.78 is 27.1. The molecule has 1 rings (SSSR count). The van der Waals surface area contributed by atoms with Crippen LogP contribution in [0.5, 0.6) is 0 Å². The molecule has 13 heavy (non-hydrogen) atoms. The fraction of sp³-hybridized carbons (Fsp3) is 0.750. The number of hydrogen-bond acceptors (Lipinski definition) is 4. The van der Waals surface area contributed by atoms with Gasteiger partial charge in [-0.1, -0.05) is 6.08 Å². The lowest BCUT2D eigenvalue weighted by Gasteiger charge is -2.09. The molecular formula is C8H14O4S. The molecule has 5 heteroatoms. The maximum absolute atomic E-state index is 11.1. The molecule has 2 unspecified atom stereocenters. The molecule has 1 aliphatic carbocycles. The van der Waals surface area contributed by atoms with Gasteiger partial charge in [0.1, 0.15) is 0 Å². The zero-order valence-electron chi connectivity index (χ0n) is 7.35. The third-order valence-electron chi connectivity index (χ3n) is 1.96. The van der Waals surface area contributed by atoms with Gasteiger partial charge < -0.3 is 5.11 Å². The second kappa shape index (κ2) is 4.21. The van der Waals surface area contributed by atoms with Crippen LogP contribution in [-0.4, -0.2) is 31.5 Å². The molecule has 0 saturated heterocycles. The van der Waals surface area contributed by atoms with E-state index < -0.39 is 16.2 Å². The molecule has 2 atom stereocenters. The van der Waals surface area contributed by atoms with Crippen molar-refractivity contribution in [1.29, 1.82) is 0 Å². The Morgan fingerprint density at radius 3 is 2.69 bits per heavy atom. The van der Waals surface area contributed by atoms with Crippen LogP contribution in [0.3, 0.4) is 0 Å². The van der Waals surface area contributed by atoms with Crippen LogP contribution in [0.1, 0.15) is 19.3 Å². The van der Waals surface area contributed by atoms with Gasteiger partial charge in [-0.25, -0.2) is 0 Å². The maximum atomic E-state index is 11.1. The van der Waals surface area contributed by atoms with Crippen molar-refractivity contribution >= 4 is 10.1 Å². The molecule has 76 valence electrons. The van der Waals surface area contributed by atoms with Crippen molar-refractivity contribution in [3.05, 3.63) is 12.7 Å². The molecule has 1 N–H and O–H groups in total. The molecule has 0 aromatic heterocycles. The third kappa shape index (κ3) is 3.46. The molecule has 1 saturated carbocycles. The molecule has 1 fully saturated rings. The van der Waals surface area contributed by atoms with Gasteiger partial charge in [0, 0.05) is 6.42 Å². The molecule has 0 bridgehead atoms. The van der Waals surface area contributed by atoms with Crippen molar-refractivity contribution in [2.45, 2.75) is 31.5 Å². The van der Waals surface area contributed by atoms with Gasteiger partial charge in [-0.3, -0.25) is 4.18 Å². The molecule has 0 aromatic rings. The Bertz CT molecular complexity index is 270. The van der Waals surface area contributed by atoms with Gasteiger partial charge in [0.2, 0.25) is 0 Å². The SMILES string of the molecule is C=CCS(=O)(=O)OC1CCC(O)C1. The lowest BCUT2D eigenvalue weighted by atomic mass is 10.3. The van der Waals surface area contributed by atoms with Crippen LogP contribution in [0.2, 0.25) is 0 Å². The summed E-state index contributed by atoms with van der Waals surface area (Å²) in [5.74, 6) is -0.167. The molecule has 0 radical (unpaired) electrons. The van der Waals surface area contributed by atoms with Gasteiger partial charge in [0.15, 0.2) is 0 Å². The zero-order chi connectivity index (χ0) is 9.90. The lowest BCUT2D eigenvalue weighted by molar-refractivity contribution is 0.153. The van der Waals surface area contributed by atoms with Gasteiger partial charge in [-0.05, 0) is 12.8 Å². The smallest absolute Gasteiger partial charge is 0.271 e. The Labute approximate surface area is 78.3 Å². The minimum absolute atomic E-state index is 0.167. The Hall–Kier alpha value is -0.390. The largest absolute Gasteiger partial charge is 0.393 e. The fourth-order valence-corrected chi connectivity index (χ4v) is 2.35. The van der Waals surface area contributed by atoms with Crippen molar-refractivity contribution in [2.24, 2.45) is 0 Å². The van der Waals surface area contributed by atoms with E-state index in [4.69, 9.17) is 9.29 Å². The normalized spacial score (nSPS) is 29.0. The van der Waals surface area contributed by atoms with Crippen LogP contribution >= 0.6 is 0 Å². The molecule has 1 aliphatic rings. The van der Waals surface area contributed by atoms with Crippen LogP contribution < -0.4 is 0 Å². The molecule has 0 spiro atoms. The van der Waals surface area contributed by atoms with E-state index in [0.717, 1.165) is 0 Å². The average molecular weight is 206 g/mol. The molecule has 0 amide bonds. The Morgan fingerprint density at radius 1 is 1.54 bits per heavy atom. The summed E-state index contributed by atoms with van der Waals surface area (Å²) in [5.41, 5.74) is 0. The van der Waals surface area contributed by atoms with Gasteiger partial charge in [-0.15, -0.1) is 6.58 Å². The highest BCUT2D eigenvalue weighted by atomic mass is 32.2. The number of aliphatic hydroxyl groups is 1. The monoisotopic (exact) mass is 206 g/mol. The number of rotatable bonds is 4. The molecule has 0 aromatic carbocycles. The van der Waals surface area contributed by atoms with Crippen molar-refractivity contribution in [3.63, 3.8) is 0 Å². The standard InChI is InChI=1S/C8H14O4S/c1-2-5-13(10,11)12-8-4-3-7(9)6-8/h2,7-9H,1,3-6H2. The van der Waals surface area contributed by atoms with E-state index in [-0.39, 0.29) is 11.9 Å². The summed E-state index contributed by atoms with van der Waals surface area (Å²) in [4.78, 5) is 0. The van der Waals surface area contributed by atoms with E-state index >= 15 is 0 Å². The van der Waals surface area contributed by atoms with Crippen molar-refractivity contribution in [3.8, 4) is 0 Å². The molecule has 0 aliphatic heterocycles. The first-order valence-electron chi connectivity index (χ1n) is 4.23.